The van der Waals surface area contributed by atoms with Gasteiger partial charge in [-0.05, 0) is 31.4 Å². The van der Waals surface area contributed by atoms with Crippen LogP contribution in [0.4, 0.5) is 0 Å². The first kappa shape index (κ1) is 20.0. The lowest BCUT2D eigenvalue weighted by Gasteiger charge is -2.48. The van der Waals surface area contributed by atoms with Crippen molar-refractivity contribution in [2.75, 3.05) is 27.4 Å². The summed E-state index contributed by atoms with van der Waals surface area (Å²) in [4.78, 5) is 12.8. The first-order valence-corrected chi connectivity index (χ1v) is 11.2. The van der Waals surface area contributed by atoms with Gasteiger partial charge in [0.1, 0.15) is 30.0 Å². The normalized spacial score (nSPS) is 37.3. The van der Waals surface area contributed by atoms with Gasteiger partial charge in [0.25, 0.3) is 5.79 Å². The molecule has 0 amide bonds. The average Bonchev–Trinajstić information content (AvgIpc) is 3.47. The van der Waals surface area contributed by atoms with E-state index >= 15 is 0 Å². The fraction of sp³-hybridized carbons (Fsp3) is 0.542. The summed E-state index contributed by atoms with van der Waals surface area (Å²) in [5.41, 5.74) is 1.41. The van der Waals surface area contributed by atoms with Crippen molar-refractivity contribution in [2.24, 2.45) is 0 Å². The van der Waals surface area contributed by atoms with E-state index in [1.807, 2.05) is 13.0 Å². The van der Waals surface area contributed by atoms with Crippen molar-refractivity contribution in [1.82, 2.24) is 0 Å². The van der Waals surface area contributed by atoms with Crippen LogP contribution in [0.25, 0.3) is 10.8 Å². The third-order valence-corrected chi connectivity index (χ3v) is 8.08. The van der Waals surface area contributed by atoms with E-state index in [9.17, 15) is 15.0 Å². The number of aliphatic hydroxyl groups excluding tert-OH is 1. The first-order chi connectivity index (χ1) is 15.9. The highest BCUT2D eigenvalue weighted by Gasteiger charge is 2.91. The van der Waals surface area contributed by atoms with Gasteiger partial charge in [-0.1, -0.05) is 0 Å². The summed E-state index contributed by atoms with van der Waals surface area (Å²) in [5, 5.41) is 22.7. The van der Waals surface area contributed by atoms with E-state index in [2.05, 4.69) is 0 Å². The highest BCUT2D eigenvalue weighted by molar-refractivity contribution is 6.11. The monoisotopic (exact) mass is 456 g/mol. The number of aryl methyl sites for hydroxylation is 1. The minimum Gasteiger partial charge on any atom is -0.506 e. The van der Waals surface area contributed by atoms with Gasteiger partial charge in [-0.25, -0.2) is 0 Å². The Kier molecular flexibility index (Phi) is 3.62. The molecule has 1 unspecified atom stereocenters. The van der Waals surface area contributed by atoms with Crippen LogP contribution >= 0.6 is 0 Å². The van der Waals surface area contributed by atoms with Gasteiger partial charge in [0.2, 0.25) is 11.4 Å². The van der Waals surface area contributed by atoms with E-state index in [0.29, 0.717) is 47.1 Å². The molecule has 7 rings (SSSR count). The minimum atomic E-state index is -1.40. The van der Waals surface area contributed by atoms with E-state index < -0.39 is 36.0 Å². The van der Waals surface area contributed by atoms with Crippen LogP contribution in [0.15, 0.2) is 6.07 Å². The standard InChI is InChI=1S/C24H24O9/c1-10-7-12-16(17(27)15-11(18(12)28-2)5-4-6-13(15)26)19-14(10)20-21-24(29-3,32-19)22(9-30-22)23(8-25,31-20)33-21/h7,20-21,25,27H,4-6,8-9H2,1-3H3/t20?,21-,22-,23-,24-/m1/s1. The maximum atomic E-state index is 12.8. The predicted molar refractivity (Wildman–Crippen MR) is 112 cm³/mol. The van der Waals surface area contributed by atoms with Crippen molar-refractivity contribution < 1.29 is 43.4 Å². The number of methoxy groups -OCH3 is 2. The fourth-order valence-corrected chi connectivity index (χ4v) is 6.59. The molecule has 2 bridgehead atoms. The molecule has 3 fully saturated rings. The Labute approximate surface area is 189 Å². The number of Topliss-reactive ketones (excluding diaryl/α,β-unsaturated/α-hetero) is 1. The molecular weight excluding hydrogens is 432 g/mol. The van der Waals surface area contributed by atoms with Crippen LogP contribution in [0.3, 0.4) is 0 Å². The van der Waals surface area contributed by atoms with Crippen molar-refractivity contribution in [3.8, 4) is 17.2 Å². The van der Waals surface area contributed by atoms with E-state index in [4.69, 9.17) is 28.4 Å². The molecule has 5 atom stereocenters. The molecule has 33 heavy (non-hydrogen) atoms. The van der Waals surface area contributed by atoms with Gasteiger partial charge >= 0.3 is 0 Å². The van der Waals surface area contributed by atoms with Crippen LogP contribution < -0.4 is 9.47 Å². The fourth-order valence-electron chi connectivity index (χ4n) is 6.59. The van der Waals surface area contributed by atoms with Crippen LogP contribution in [-0.2, 0) is 25.4 Å². The number of rotatable bonds is 3. The Hall–Kier alpha value is -2.43. The maximum absolute atomic E-state index is 12.8. The van der Waals surface area contributed by atoms with Gasteiger partial charge in [-0.2, -0.15) is 0 Å². The van der Waals surface area contributed by atoms with Gasteiger partial charge in [-0.15, -0.1) is 0 Å². The zero-order valence-electron chi connectivity index (χ0n) is 18.5. The largest absolute Gasteiger partial charge is 0.506 e. The number of hydrogen-bond acceptors (Lipinski definition) is 9. The van der Waals surface area contributed by atoms with Crippen LogP contribution in [0, 0.1) is 6.92 Å². The van der Waals surface area contributed by atoms with Gasteiger partial charge in [0.05, 0.1) is 24.7 Å². The molecule has 3 saturated heterocycles. The minimum absolute atomic E-state index is 0.121. The quantitative estimate of drug-likeness (QED) is 0.670. The SMILES string of the molecule is COc1c2c(c(O)c3c4c(c(C)cc13)C1O[C@]3(CO)O[C@H]1[C@@](OC)(O4)[C@@]31CO1)C(=O)CCC2. The highest BCUT2D eigenvalue weighted by atomic mass is 16.9. The van der Waals surface area contributed by atoms with Crippen LogP contribution in [0.2, 0.25) is 0 Å². The molecule has 9 nitrogen and oxygen atoms in total. The first-order valence-electron chi connectivity index (χ1n) is 11.2. The number of hydrogen-bond donors (Lipinski definition) is 2. The number of fused-ring (bicyclic) bond motifs is 8. The van der Waals surface area contributed by atoms with Crippen LogP contribution in [0.5, 0.6) is 17.2 Å². The molecule has 1 spiro atoms. The molecule has 1 aliphatic carbocycles. The molecule has 5 aliphatic rings. The lowest BCUT2D eigenvalue weighted by molar-refractivity contribution is -0.294. The summed E-state index contributed by atoms with van der Waals surface area (Å²) >= 11 is 0. The molecule has 174 valence electrons. The van der Waals surface area contributed by atoms with Crippen molar-refractivity contribution >= 4 is 16.6 Å². The van der Waals surface area contributed by atoms with E-state index in [1.165, 1.54) is 7.11 Å². The third-order valence-electron chi connectivity index (χ3n) is 8.08. The summed E-state index contributed by atoms with van der Waals surface area (Å²) in [6, 6.07) is 1.92. The van der Waals surface area contributed by atoms with Gasteiger partial charge < -0.3 is 38.6 Å². The number of phenols is 1. The average molecular weight is 456 g/mol. The molecule has 4 heterocycles. The van der Waals surface area contributed by atoms with Crippen molar-refractivity contribution in [2.45, 2.75) is 55.6 Å². The van der Waals surface area contributed by atoms with Gasteiger partial charge in [-0.3, -0.25) is 4.79 Å². The summed E-state index contributed by atoms with van der Waals surface area (Å²) in [6.45, 7) is 1.73. The summed E-state index contributed by atoms with van der Waals surface area (Å²) < 4.78 is 36.6. The number of ether oxygens (including phenoxy) is 6. The van der Waals surface area contributed by atoms with E-state index in [0.717, 1.165) is 11.1 Å². The molecule has 9 heteroatoms. The highest BCUT2D eigenvalue weighted by Crippen LogP contribution is 2.70. The number of phenolic OH excluding ortho intramolecular Hbond substituents is 1. The van der Waals surface area contributed by atoms with Gasteiger partial charge in [0.15, 0.2) is 11.9 Å². The molecule has 2 N–H and O–H groups in total. The topological polar surface area (TPSA) is 116 Å². The Balaban J connectivity index is 1.58. The molecular formula is C24H24O9. The summed E-state index contributed by atoms with van der Waals surface area (Å²) in [7, 11) is 3.07. The molecule has 4 aliphatic heterocycles. The molecule has 0 radical (unpaired) electrons. The number of benzene rings is 2. The smallest absolute Gasteiger partial charge is 0.276 e. The van der Waals surface area contributed by atoms with E-state index in [-0.39, 0.29) is 23.7 Å². The lowest BCUT2D eigenvalue weighted by atomic mass is 9.78. The number of epoxide rings is 1. The van der Waals surface area contributed by atoms with Crippen LogP contribution in [0.1, 0.15) is 46.0 Å². The van der Waals surface area contributed by atoms with Crippen molar-refractivity contribution in [3.05, 3.63) is 28.3 Å². The number of aliphatic hydroxyl groups is 1. The molecule has 0 saturated carbocycles. The second kappa shape index (κ2) is 5.97. The third kappa shape index (κ3) is 1.94. The van der Waals surface area contributed by atoms with Crippen molar-refractivity contribution in [1.29, 1.82) is 0 Å². The Morgan fingerprint density at radius 1 is 1.24 bits per heavy atom. The molecule has 0 aromatic heterocycles. The number of ketones is 1. The number of aromatic hydroxyl groups is 1. The number of carbonyl (C=O) groups excluding carboxylic acids is 1. The Morgan fingerprint density at radius 3 is 2.70 bits per heavy atom. The maximum Gasteiger partial charge on any atom is 0.276 e. The zero-order valence-corrected chi connectivity index (χ0v) is 18.5. The van der Waals surface area contributed by atoms with Crippen molar-refractivity contribution in [3.63, 3.8) is 0 Å². The lowest BCUT2D eigenvalue weighted by Crippen LogP contribution is -2.68. The Morgan fingerprint density at radius 2 is 2.03 bits per heavy atom. The number of carbonyl (C=O) groups is 1. The summed E-state index contributed by atoms with van der Waals surface area (Å²) in [5.74, 6) is -2.10. The predicted octanol–water partition coefficient (Wildman–Crippen LogP) is 2.04. The van der Waals surface area contributed by atoms with Gasteiger partial charge in [0, 0.05) is 30.0 Å². The van der Waals surface area contributed by atoms with Crippen LogP contribution in [-0.4, -0.2) is 66.7 Å². The summed E-state index contributed by atoms with van der Waals surface area (Å²) in [6.07, 6.45) is 0.424. The second-order valence-electron chi connectivity index (χ2n) is 9.45. The molecule has 2 aromatic rings. The second-order valence-corrected chi connectivity index (χ2v) is 9.45. The van der Waals surface area contributed by atoms with E-state index in [1.54, 1.807) is 7.11 Å². The zero-order chi connectivity index (χ0) is 22.9. The molecule has 2 aromatic carbocycles. The Bertz CT molecular complexity index is 1270.